The van der Waals surface area contributed by atoms with E-state index < -0.39 is 5.97 Å². The lowest BCUT2D eigenvalue weighted by Gasteiger charge is -2.22. The summed E-state index contributed by atoms with van der Waals surface area (Å²) in [6, 6.07) is 7.67. The summed E-state index contributed by atoms with van der Waals surface area (Å²) in [7, 11) is 0. The van der Waals surface area contributed by atoms with Crippen LogP contribution in [-0.4, -0.2) is 25.8 Å². The molecule has 0 saturated heterocycles. The van der Waals surface area contributed by atoms with Crippen molar-refractivity contribution in [2.45, 2.75) is 19.9 Å². The molecule has 1 aliphatic rings. The molecule has 1 aromatic heterocycles. The summed E-state index contributed by atoms with van der Waals surface area (Å²) in [5, 5.41) is 16.3. The zero-order valence-corrected chi connectivity index (χ0v) is 11.2. The number of aryl methyl sites for hydroxylation is 2. The molecule has 6 heteroatoms. The van der Waals surface area contributed by atoms with Gasteiger partial charge in [-0.05, 0) is 25.5 Å². The second-order valence-electron chi connectivity index (χ2n) is 4.79. The number of aromatic nitrogens is 3. The lowest BCUT2D eigenvalue weighted by molar-refractivity contribution is -0.132. The third-order valence-electron chi connectivity index (χ3n) is 3.22. The van der Waals surface area contributed by atoms with Crippen LogP contribution >= 0.6 is 0 Å². The molecule has 1 aromatic carbocycles. The van der Waals surface area contributed by atoms with E-state index in [0.717, 1.165) is 11.1 Å². The van der Waals surface area contributed by atoms with Crippen molar-refractivity contribution < 1.29 is 9.90 Å². The second kappa shape index (κ2) is 4.48. The number of hydrogen-bond donors (Lipinski definition) is 2. The minimum Gasteiger partial charge on any atom is -0.477 e. The van der Waals surface area contributed by atoms with Crippen LogP contribution < -0.4 is 5.32 Å². The zero-order valence-electron chi connectivity index (χ0n) is 11.2. The molecule has 102 valence electrons. The highest BCUT2D eigenvalue weighted by Crippen LogP contribution is 2.28. The Bertz CT molecular complexity index is 700. The van der Waals surface area contributed by atoms with E-state index >= 15 is 0 Å². The molecule has 0 amide bonds. The molecule has 0 spiro atoms. The molecule has 2 aromatic rings. The van der Waals surface area contributed by atoms with Crippen LogP contribution in [0.4, 0.5) is 5.95 Å². The molecule has 1 atom stereocenters. The van der Waals surface area contributed by atoms with Crippen molar-refractivity contribution in [1.29, 1.82) is 0 Å². The van der Waals surface area contributed by atoms with Gasteiger partial charge in [0.05, 0.1) is 0 Å². The number of hydrogen-bond acceptors (Lipinski definition) is 4. The number of fused-ring (bicyclic) bond motifs is 1. The van der Waals surface area contributed by atoms with E-state index in [4.69, 9.17) is 0 Å². The van der Waals surface area contributed by atoms with Gasteiger partial charge in [-0.15, -0.1) is 0 Å². The first-order valence-corrected chi connectivity index (χ1v) is 6.26. The Hall–Kier alpha value is -2.63. The fraction of sp³-hybridized carbons (Fsp3) is 0.214. The maximum absolute atomic E-state index is 11.2. The number of carbonyl (C=O) groups is 1. The van der Waals surface area contributed by atoms with Crippen molar-refractivity contribution in [2.75, 3.05) is 5.32 Å². The van der Waals surface area contributed by atoms with Gasteiger partial charge < -0.3 is 10.4 Å². The number of anilines is 1. The van der Waals surface area contributed by atoms with Crippen LogP contribution in [0.25, 0.3) is 0 Å². The summed E-state index contributed by atoms with van der Waals surface area (Å²) in [5.41, 5.74) is 2.25. The highest BCUT2D eigenvalue weighted by molar-refractivity contribution is 5.90. The van der Waals surface area contributed by atoms with Crippen molar-refractivity contribution in [3.63, 3.8) is 0 Å². The molecule has 20 heavy (non-hydrogen) atoms. The number of benzene rings is 1. The third kappa shape index (κ3) is 2.05. The highest BCUT2D eigenvalue weighted by Gasteiger charge is 2.26. The Kier molecular flexibility index (Phi) is 2.78. The Balaban J connectivity index is 2.11. The molecular weight excluding hydrogens is 256 g/mol. The Labute approximate surface area is 115 Å². The van der Waals surface area contributed by atoms with E-state index in [9.17, 15) is 9.90 Å². The number of rotatable bonds is 2. The topological polar surface area (TPSA) is 80.0 Å². The minimum atomic E-state index is -1.01. The first-order chi connectivity index (χ1) is 9.54. The highest BCUT2D eigenvalue weighted by atomic mass is 16.4. The van der Waals surface area contributed by atoms with E-state index in [-0.39, 0.29) is 11.7 Å². The molecule has 6 nitrogen and oxygen atoms in total. The third-order valence-corrected chi connectivity index (χ3v) is 3.22. The van der Waals surface area contributed by atoms with Crippen molar-refractivity contribution >= 4 is 11.9 Å². The van der Waals surface area contributed by atoms with Crippen LogP contribution in [0.1, 0.15) is 23.0 Å². The molecule has 2 heterocycles. The number of aliphatic carboxylic acids is 1. The first-order valence-electron chi connectivity index (χ1n) is 6.26. The predicted molar refractivity (Wildman–Crippen MR) is 73.4 cm³/mol. The maximum atomic E-state index is 11.2. The summed E-state index contributed by atoms with van der Waals surface area (Å²) in [6.07, 6.45) is 1.65. The van der Waals surface area contributed by atoms with Crippen molar-refractivity contribution in [3.05, 3.63) is 53.0 Å². The monoisotopic (exact) mass is 270 g/mol. The second-order valence-corrected chi connectivity index (χ2v) is 4.79. The number of carboxylic acids is 1. The number of nitrogens with zero attached hydrogens (tertiary/aromatic N) is 3. The van der Waals surface area contributed by atoms with Crippen LogP contribution in [0.2, 0.25) is 0 Å². The van der Waals surface area contributed by atoms with Gasteiger partial charge in [-0.25, -0.2) is 9.48 Å². The van der Waals surface area contributed by atoms with Crippen molar-refractivity contribution in [3.8, 4) is 0 Å². The van der Waals surface area contributed by atoms with Gasteiger partial charge >= 0.3 is 5.97 Å². The average molecular weight is 270 g/mol. The Morgan fingerprint density at radius 1 is 1.30 bits per heavy atom. The molecular formula is C14H14N4O2. The average Bonchev–Trinajstić information content (AvgIpc) is 2.78. The van der Waals surface area contributed by atoms with Gasteiger partial charge in [-0.2, -0.15) is 10.1 Å². The van der Waals surface area contributed by atoms with Gasteiger partial charge in [0, 0.05) is 0 Å². The van der Waals surface area contributed by atoms with Crippen LogP contribution in [0.3, 0.4) is 0 Å². The van der Waals surface area contributed by atoms with Crippen molar-refractivity contribution in [1.82, 2.24) is 14.8 Å². The van der Waals surface area contributed by atoms with E-state index in [1.807, 2.05) is 31.2 Å². The quantitative estimate of drug-likeness (QED) is 0.871. The van der Waals surface area contributed by atoms with E-state index in [1.165, 1.54) is 0 Å². The van der Waals surface area contributed by atoms with Gasteiger partial charge in [0.25, 0.3) is 0 Å². The molecule has 0 bridgehead atoms. The fourth-order valence-corrected chi connectivity index (χ4v) is 2.23. The standard InChI is InChI=1S/C14H14N4O2/c1-8-3-5-10(6-4-8)12-7-11(13(19)20)16-14-15-9(2)17-18(12)14/h3-7,12H,1-2H3,(H,19,20)(H,15,16,17). The van der Waals surface area contributed by atoms with Gasteiger partial charge in [0.1, 0.15) is 17.6 Å². The predicted octanol–water partition coefficient (Wildman–Crippen LogP) is 1.88. The zero-order chi connectivity index (χ0) is 14.3. The number of carboxylic acid groups (broad SMARTS) is 1. The largest absolute Gasteiger partial charge is 0.477 e. The first kappa shape index (κ1) is 12.4. The van der Waals surface area contributed by atoms with E-state index in [0.29, 0.717) is 11.8 Å². The summed E-state index contributed by atoms with van der Waals surface area (Å²) >= 11 is 0. The van der Waals surface area contributed by atoms with Crippen molar-refractivity contribution in [2.24, 2.45) is 0 Å². The SMILES string of the molecule is Cc1ccc(C2C=C(C(=O)O)Nc3nc(C)nn32)cc1. The van der Waals surface area contributed by atoms with Crippen LogP contribution in [0.15, 0.2) is 36.0 Å². The number of nitrogens with one attached hydrogen (secondary N) is 1. The molecule has 2 N–H and O–H groups in total. The van der Waals surface area contributed by atoms with Gasteiger partial charge in [-0.1, -0.05) is 29.8 Å². The summed E-state index contributed by atoms with van der Waals surface area (Å²) < 4.78 is 1.70. The molecule has 0 aliphatic carbocycles. The van der Waals surface area contributed by atoms with Gasteiger partial charge in [0.15, 0.2) is 0 Å². The van der Waals surface area contributed by atoms with Crippen LogP contribution in [0.5, 0.6) is 0 Å². The normalized spacial score (nSPS) is 17.1. The molecule has 1 aliphatic heterocycles. The molecule has 0 fully saturated rings. The van der Waals surface area contributed by atoms with Crippen LogP contribution in [0, 0.1) is 13.8 Å². The maximum Gasteiger partial charge on any atom is 0.352 e. The number of allylic oxidation sites excluding steroid dienone is 1. The molecule has 3 rings (SSSR count). The lowest BCUT2D eigenvalue weighted by Crippen LogP contribution is -2.24. The molecule has 0 radical (unpaired) electrons. The summed E-state index contributed by atoms with van der Waals surface area (Å²) in [4.78, 5) is 15.4. The minimum absolute atomic E-state index is 0.121. The summed E-state index contributed by atoms with van der Waals surface area (Å²) in [6.45, 7) is 3.79. The smallest absolute Gasteiger partial charge is 0.352 e. The Morgan fingerprint density at radius 3 is 2.65 bits per heavy atom. The molecule has 1 unspecified atom stereocenters. The fourth-order valence-electron chi connectivity index (χ4n) is 2.23. The Morgan fingerprint density at radius 2 is 2.00 bits per heavy atom. The van der Waals surface area contributed by atoms with Crippen LogP contribution in [-0.2, 0) is 4.79 Å². The van der Waals surface area contributed by atoms with Gasteiger partial charge in [0.2, 0.25) is 5.95 Å². The molecule has 0 saturated carbocycles. The van der Waals surface area contributed by atoms with E-state index in [2.05, 4.69) is 15.4 Å². The van der Waals surface area contributed by atoms with Gasteiger partial charge in [-0.3, -0.25) is 0 Å². The van der Waals surface area contributed by atoms with E-state index in [1.54, 1.807) is 17.7 Å². The lowest BCUT2D eigenvalue weighted by atomic mass is 10.0. The summed E-state index contributed by atoms with van der Waals surface area (Å²) in [5.74, 6) is 0.0478.